The van der Waals surface area contributed by atoms with E-state index in [9.17, 15) is 18.4 Å². The van der Waals surface area contributed by atoms with E-state index in [-0.39, 0.29) is 29.2 Å². The summed E-state index contributed by atoms with van der Waals surface area (Å²) >= 11 is 5.90. The molecule has 11 heteroatoms. The lowest BCUT2D eigenvalue weighted by atomic mass is 10.0. The van der Waals surface area contributed by atoms with Crippen LogP contribution in [-0.2, 0) is 0 Å². The topological polar surface area (TPSA) is 101 Å². The number of hydrogen-bond donors (Lipinski definition) is 1. The highest BCUT2D eigenvalue weighted by Gasteiger charge is 2.36. The van der Waals surface area contributed by atoms with Crippen molar-refractivity contribution in [3.63, 3.8) is 0 Å². The first-order chi connectivity index (χ1) is 14.8. The number of likely N-dealkylation sites (tertiary alicyclic amines) is 1. The van der Waals surface area contributed by atoms with Gasteiger partial charge in [-0.15, -0.1) is 0 Å². The van der Waals surface area contributed by atoms with E-state index in [1.54, 1.807) is 0 Å². The molecule has 0 radical (unpaired) electrons. The van der Waals surface area contributed by atoms with Gasteiger partial charge in [-0.05, 0) is 23.8 Å². The second-order valence-electron chi connectivity index (χ2n) is 7.24. The fourth-order valence-electron chi connectivity index (χ4n) is 3.63. The summed E-state index contributed by atoms with van der Waals surface area (Å²) in [6, 6.07) is 4.90. The number of hydrazone groups is 1. The molecule has 0 aliphatic carbocycles. The molecule has 31 heavy (non-hydrogen) atoms. The van der Waals surface area contributed by atoms with Crippen molar-refractivity contribution in [2.45, 2.75) is 25.0 Å². The number of amides is 3. The standard InChI is InChI=1S/C20H18ClF2N5O3/c21-17-7-12(19(24)29)8-18(26-17)31-15-2-4-27(10-15)20(30)28-16(1-3-25-28)11-5-13(22)9-14(23)6-11/h3,5-9,15-16H,1-2,4,10H2,(H2,24,29)/t15-,16-/m0/s1. The van der Waals surface area contributed by atoms with Gasteiger partial charge in [0.25, 0.3) is 0 Å². The molecule has 1 aromatic heterocycles. The Hall–Kier alpha value is -3.27. The molecule has 162 valence electrons. The fraction of sp³-hybridized carbons (Fsp3) is 0.300. The second-order valence-corrected chi connectivity index (χ2v) is 7.62. The van der Waals surface area contributed by atoms with Crippen molar-refractivity contribution in [3.05, 3.63) is 58.2 Å². The van der Waals surface area contributed by atoms with Gasteiger partial charge in [-0.25, -0.2) is 23.6 Å². The Morgan fingerprint density at radius 2 is 1.90 bits per heavy atom. The molecular formula is C20H18ClF2N5O3. The van der Waals surface area contributed by atoms with Crippen LogP contribution < -0.4 is 10.5 Å². The van der Waals surface area contributed by atoms with Crippen molar-refractivity contribution < 1.29 is 23.1 Å². The van der Waals surface area contributed by atoms with Gasteiger partial charge in [-0.3, -0.25) is 4.79 Å². The first-order valence-corrected chi connectivity index (χ1v) is 9.88. The van der Waals surface area contributed by atoms with Gasteiger partial charge in [-0.2, -0.15) is 5.10 Å². The highest BCUT2D eigenvalue weighted by molar-refractivity contribution is 6.29. The summed E-state index contributed by atoms with van der Waals surface area (Å²) in [5.41, 5.74) is 5.77. The minimum Gasteiger partial charge on any atom is -0.472 e. The summed E-state index contributed by atoms with van der Waals surface area (Å²) < 4.78 is 33.0. The number of primary amides is 1. The molecule has 2 atom stereocenters. The Kier molecular flexibility index (Phi) is 5.73. The number of rotatable bonds is 4. The molecule has 0 spiro atoms. The lowest BCUT2D eigenvalue weighted by Crippen LogP contribution is -2.40. The maximum Gasteiger partial charge on any atom is 0.341 e. The van der Waals surface area contributed by atoms with Crippen LogP contribution in [0.4, 0.5) is 13.6 Å². The number of ether oxygens (including phenoxy) is 1. The summed E-state index contributed by atoms with van der Waals surface area (Å²) in [5.74, 6) is -1.96. The number of carbonyl (C=O) groups excluding carboxylic acids is 2. The number of hydrogen-bond acceptors (Lipinski definition) is 5. The predicted molar refractivity (Wildman–Crippen MR) is 108 cm³/mol. The van der Waals surface area contributed by atoms with Gasteiger partial charge in [0.2, 0.25) is 11.8 Å². The molecule has 0 saturated carbocycles. The predicted octanol–water partition coefficient (Wildman–Crippen LogP) is 3.12. The highest BCUT2D eigenvalue weighted by Crippen LogP contribution is 2.31. The number of urea groups is 1. The number of benzene rings is 1. The number of pyridine rings is 1. The van der Waals surface area contributed by atoms with Crippen LogP contribution in [0.15, 0.2) is 35.4 Å². The van der Waals surface area contributed by atoms with Gasteiger partial charge < -0.3 is 15.4 Å². The fourth-order valence-corrected chi connectivity index (χ4v) is 3.83. The van der Waals surface area contributed by atoms with Gasteiger partial charge in [-0.1, -0.05) is 11.6 Å². The average Bonchev–Trinajstić information content (AvgIpc) is 3.36. The van der Waals surface area contributed by atoms with Crippen LogP contribution in [0.5, 0.6) is 5.88 Å². The normalized spacial score (nSPS) is 20.4. The maximum atomic E-state index is 13.6. The third-order valence-corrected chi connectivity index (χ3v) is 5.25. The lowest BCUT2D eigenvalue weighted by molar-refractivity contribution is 0.0999. The zero-order chi connectivity index (χ0) is 22.1. The average molecular weight is 450 g/mol. The van der Waals surface area contributed by atoms with Crippen LogP contribution in [0.2, 0.25) is 5.15 Å². The molecule has 4 rings (SSSR count). The van der Waals surface area contributed by atoms with E-state index in [2.05, 4.69) is 10.1 Å². The molecule has 0 bridgehead atoms. The van der Waals surface area contributed by atoms with E-state index in [1.807, 2.05) is 0 Å². The first-order valence-electron chi connectivity index (χ1n) is 9.51. The monoisotopic (exact) mass is 449 g/mol. The van der Waals surface area contributed by atoms with Crippen LogP contribution in [0, 0.1) is 11.6 Å². The van der Waals surface area contributed by atoms with Crippen molar-refractivity contribution in [2.24, 2.45) is 10.8 Å². The Bertz CT molecular complexity index is 1050. The van der Waals surface area contributed by atoms with E-state index < -0.39 is 29.6 Å². The third kappa shape index (κ3) is 4.58. The molecule has 8 nitrogen and oxygen atoms in total. The van der Waals surface area contributed by atoms with Crippen LogP contribution in [0.1, 0.15) is 34.8 Å². The molecule has 3 heterocycles. The van der Waals surface area contributed by atoms with E-state index in [1.165, 1.54) is 40.4 Å². The largest absolute Gasteiger partial charge is 0.472 e. The summed E-state index contributed by atoms with van der Waals surface area (Å²) in [4.78, 5) is 29.9. The van der Waals surface area contributed by atoms with Gasteiger partial charge in [0.15, 0.2) is 0 Å². The van der Waals surface area contributed by atoms with E-state index >= 15 is 0 Å². The Labute approximate surface area is 181 Å². The molecular weight excluding hydrogens is 432 g/mol. The molecule has 0 unspecified atom stereocenters. The Balaban J connectivity index is 1.43. The lowest BCUT2D eigenvalue weighted by Gasteiger charge is -2.27. The molecule has 2 aliphatic rings. The quantitative estimate of drug-likeness (QED) is 0.724. The van der Waals surface area contributed by atoms with Crippen LogP contribution in [-0.4, -0.2) is 52.2 Å². The van der Waals surface area contributed by atoms with Crippen molar-refractivity contribution in [1.82, 2.24) is 14.9 Å². The van der Waals surface area contributed by atoms with Crippen molar-refractivity contribution in [3.8, 4) is 5.88 Å². The van der Waals surface area contributed by atoms with Crippen LogP contribution in [0.25, 0.3) is 0 Å². The van der Waals surface area contributed by atoms with Crippen molar-refractivity contribution in [1.29, 1.82) is 0 Å². The van der Waals surface area contributed by atoms with Gasteiger partial charge in [0.05, 0.1) is 12.6 Å². The first kappa shape index (κ1) is 21.0. The zero-order valence-electron chi connectivity index (χ0n) is 16.2. The molecule has 1 fully saturated rings. The molecule has 3 amide bonds. The minimum absolute atomic E-state index is 0.0637. The van der Waals surface area contributed by atoms with E-state index in [4.69, 9.17) is 22.1 Å². The molecule has 2 N–H and O–H groups in total. The number of carbonyl (C=O) groups is 2. The summed E-state index contributed by atoms with van der Waals surface area (Å²) in [7, 11) is 0. The van der Waals surface area contributed by atoms with Gasteiger partial charge in [0.1, 0.15) is 22.9 Å². The van der Waals surface area contributed by atoms with Crippen LogP contribution in [0.3, 0.4) is 0 Å². The third-order valence-electron chi connectivity index (χ3n) is 5.05. The van der Waals surface area contributed by atoms with Gasteiger partial charge in [0, 0.05) is 43.3 Å². The zero-order valence-corrected chi connectivity index (χ0v) is 16.9. The van der Waals surface area contributed by atoms with Crippen LogP contribution >= 0.6 is 11.6 Å². The van der Waals surface area contributed by atoms with E-state index in [0.717, 1.165) is 6.07 Å². The highest BCUT2D eigenvalue weighted by atomic mass is 35.5. The molecule has 1 aromatic carbocycles. The Morgan fingerprint density at radius 3 is 2.61 bits per heavy atom. The smallest absolute Gasteiger partial charge is 0.341 e. The number of halogens is 3. The number of aromatic nitrogens is 1. The van der Waals surface area contributed by atoms with Crippen molar-refractivity contribution in [2.75, 3.05) is 13.1 Å². The SMILES string of the molecule is NC(=O)c1cc(Cl)nc(O[C@H]2CCN(C(=O)N3N=CC[C@H]3c3cc(F)cc(F)c3)C2)c1. The Morgan fingerprint density at radius 1 is 1.16 bits per heavy atom. The minimum atomic E-state index is -0.715. The molecule has 1 saturated heterocycles. The summed E-state index contributed by atoms with van der Waals surface area (Å²) in [5, 5.41) is 5.38. The van der Waals surface area contributed by atoms with Gasteiger partial charge >= 0.3 is 6.03 Å². The maximum absolute atomic E-state index is 13.6. The van der Waals surface area contributed by atoms with E-state index in [0.29, 0.717) is 24.9 Å². The molecule has 2 aromatic rings. The number of nitrogens with zero attached hydrogens (tertiary/aromatic N) is 4. The summed E-state index contributed by atoms with van der Waals surface area (Å²) in [6.07, 6.45) is 2.02. The number of nitrogens with two attached hydrogens (primary N) is 1. The van der Waals surface area contributed by atoms with Crippen molar-refractivity contribution >= 4 is 29.8 Å². The summed E-state index contributed by atoms with van der Waals surface area (Å²) in [6.45, 7) is 0.637. The second kappa shape index (κ2) is 8.46. The molecule has 2 aliphatic heterocycles.